The van der Waals surface area contributed by atoms with E-state index in [0.29, 0.717) is 17.3 Å². The number of benzene rings is 2. The summed E-state index contributed by atoms with van der Waals surface area (Å²) in [6.07, 6.45) is 0. The van der Waals surface area contributed by atoms with E-state index in [1.165, 1.54) is 6.07 Å². The number of likely N-dealkylation sites (N-methyl/N-ethyl adjacent to an activating group) is 1. The van der Waals surface area contributed by atoms with E-state index >= 15 is 0 Å². The average Bonchev–Trinajstić information content (AvgIpc) is 2.71. The zero-order valence-electron chi connectivity index (χ0n) is 17.1. The number of amides is 3. The van der Waals surface area contributed by atoms with Crippen LogP contribution in [0.4, 0.5) is 20.2 Å². The van der Waals surface area contributed by atoms with Crippen LogP contribution in [0.2, 0.25) is 5.02 Å². The monoisotopic (exact) mass is 452 g/mol. The molecule has 0 fully saturated rings. The number of halogens is 3. The molecule has 2 rings (SSSR count). The highest BCUT2D eigenvalue weighted by Gasteiger charge is 2.15. The standard InChI is InChI=1S/C21H23ClF2N4O3/c1-3-28(12-21(31)27-18-8-14(22)5-4-13(18)2)11-20(30)25-10-19(29)26-15-6-7-16(23)17(24)9-15/h4-9H,3,10-12H2,1-2H3,(H,25,30)(H,26,29)(H,27,31). The Labute approximate surface area is 183 Å². The molecule has 10 heteroatoms. The summed E-state index contributed by atoms with van der Waals surface area (Å²) in [7, 11) is 0. The predicted octanol–water partition coefficient (Wildman–Crippen LogP) is 2.94. The molecule has 0 radical (unpaired) electrons. The third-order valence-corrected chi connectivity index (χ3v) is 4.54. The van der Waals surface area contributed by atoms with Gasteiger partial charge in [0.25, 0.3) is 0 Å². The van der Waals surface area contributed by atoms with Crippen molar-refractivity contribution in [3.63, 3.8) is 0 Å². The molecule has 7 nitrogen and oxygen atoms in total. The fourth-order valence-corrected chi connectivity index (χ4v) is 2.79. The highest BCUT2D eigenvalue weighted by atomic mass is 35.5. The van der Waals surface area contributed by atoms with Crippen LogP contribution in [0.5, 0.6) is 0 Å². The molecule has 166 valence electrons. The molecule has 0 aliphatic rings. The SMILES string of the molecule is CCN(CC(=O)NCC(=O)Nc1ccc(F)c(F)c1)CC(=O)Nc1cc(Cl)ccc1C. The van der Waals surface area contributed by atoms with E-state index in [2.05, 4.69) is 16.0 Å². The molecule has 0 unspecified atom stereocenters. The Morgan fingerprint density at radius 3 is 2.32 bits per heavy atom. The van der Waals surface area contributed by atoms with Crippen molar-refractivity contribution >= 4 is 40.7 Å². The van der Waals surface area contributed by atoms with Gasteiger partial charge in [0.1, 0.15) is 0 Å². The van der Waals surface area contributed by atoms with Crippen molar-refractivity contribution in [1.29, 1.82) is 0 Å². The van der Waals surface area contributed by atoms with Crippen molar-refractivity contribution in [3.05, 3.63) is 58.6 Å². The number of anilines is 2. The molecule has 0 saturated heterocycles. The van der Waals surface area contributed by atoms with Gasteiger partial charge in [-0.3, -0.25) is 19.3 Å². The number of aryl methyl sites for hydroxylation is 1. The smallest absolute Gasteiger partial charge is 0.243 e. The number of carbonyl (C=O) groups is 3. The topological polar surface area (TPSA) is 90.5 Å². The van der Waals surface area contributed by atoms with Crippen LogP contribution in [0.3, 0.4) is 0 Å². The van der Waals surface area contributed by atoms with E-state index in [4.69, 9.17) is 11.6 Å². The van der Waals surface area contributed by atoms with Gasteiger partial charge in [-0.1, -0.05) is 24.6 Å². The second-order valence-electron chi connectivity index (χ2n) is 6.76. The highest BCUT2D eigenvalue weighted by molar-refractivity contribution is 6.31. The summed E-state index contributed by atoms with van der Waals surface area (Å²) in [6.45, 7) is 3.57. The second-order valence-corrected chi connectivity index (χ2v) is 7.20. The van der Waals surface area contributed by atoms with Crippen molar-refractivity contribution in [2.45, 2.75) is 13.8 Å². The normalized spacial score (nSPS) is 10.6. The molecular weight excluding hydrogens is 430 g/mol. The minimum Gasteiger partial charge on any atom is -0.346 e. The van der Waals surface area contributed by atoms with Gasteiger partial charge in [-0.2, -0.15) is 0 Å². The fourth-order valence-electron chi connectivity index (χ4n) is 2.62. The summed E-state index contributed by atoms with van der Waals surface area (Å²) < 4.78 is 26.1. The molecule has 0 bridgehead atoms. The minimum absolute atomic E-state index is 0.0308. The summed E-state index contributed by atoms with van der Waals surface area (Å²) in [5.41, 5.74) is 1.51. The number of nitrogens with zero attached hydrogens (tertiary/aromatic N) is 1. The van der Waals surface area contributed by atoms with Gasteiger partial charge in [-0.05, 0) is 43.3 Å². The van der Waals surface area contributed by atoms with Crippen LogP contribution in [-0.2, 0) is 14.4 Å². The summed E-state index contributed by atoms with van der Waals surface area (Å²) in [5, 5.41) is 8.03. The first kappa shape index (κ1) is 24.2. The molecule has 0 aliphatic carbocycles. The van der Waals surface area contributed by atoms with Crippen molar-refractivity contribution in [2.75, 3.05) is 36.8 Å². The first-order valence-corrected chi connectivity index (χ1v) is 9.85. The minimum atomic E-state index is -1.09. The lowest BCUT2D eigenvalue weighted by molar-refractivity contribution is -0.125. The highest BCUT2D eigenvalue weighted by Crippen LogP contribution is 2.20. The first-order valence-electron chi connectivity index (χ1n) is 9.48. The zero-order valence-corrected chi connectivity index (χ0v) is 17.9. The molecule has 0 aromatic heterocycles. The third kappa shape index (κ3) is 7.95. The van der Waals surface area contributed by atoms with Crippen molar-refractivity contribution < 1.29 is 23.2 Å². The Morgan fingerprint density at radius 1 is 0.935 bits per heavy atom. The Bertz CT molecular complexity index is 972. The molecule has 0 atom stereocenters. The van der Waals surface area contributed by atoms with Gasteiger partial charge in [0, 0.05) is 22.5 Å². The zero-order chi connectivity index (χ0) is 23.0. The van der Waals surface area contributed by atoms with E-state index in [0.717, 1.165) is 17.7 Å². The molecule has 0 heterocycles. The number of carbonyl (C=O) groups excluding carboxylic acids is 3. The Balaban J connectivity index is 1.79. The quantitative estimate of drug-likeness (QED) is 0.545. The lowest BCUT2D eigenvalue weighted by Crippen LogP contribution is -2.43. The van der Waals surface area contributed by atoms with Gasteiger partial charge in [0.2, 0.25) is 17.7 Å². The maximum Gasteiger partial charge on any atom is 0.243 e. The molecular formula is C21H23ClF2N4O3. The van der Waals surface area contributed by atoms with Gasteiger partial charge < -0.3 is 16.0 Å². The van der Waals surface area contributed by atoms with Crippen molar-refractivity contribution in [1.82, 2.24) is 10.2 Å². The Kier molecular flexibility index (Phi) is 8.89. The van der Waals surface area contributed by atoms with E-state index < -0.39 is 23.4 Å². The van der Waals surface area contributed by atoms with Gasteiger partial charge in [0.05, 0.1) is 19.6 Å². The second kappa shape index (κ2) is 11.4. The number of rotatable bonds is 9. The van der Waals surface area contributed by atoms with Crippen LogP contribution in [0, 0.1) is 18.6 Å². The first-order chi connectivity index (χ1) is 14.7. The van der Waals surface area contributed by atoms with E-state index in [1.807, 2.05) is 6.92 Å². The fraction of sp³-hybridized carbons (Fsp3) is 0.286. The lowest BCUT2D eigenvalue weighted by atomic mass is 10.2. The summed E-state index contributed by atoms with van der Waals surface area (Å²) in [5.74, 6) is -3.49. The molecule has 31 heavy (non-hydrogen) atoms. The van der Waals surface area contributed by atoms with Crippen LogP contribution in [-0.4, -0.2) is 48.8 Å². The predicted molar refractivity (Wildman–Crippen MR) is 115 cm³/mol. The van der Waals surface area contributed by atoms with E-state index in [1.54, 1.807) is 30.0 Å². The van der Waals surface area contributed by atoms with Crippen LogP contribution >= 0.6 is 11.6 Å². The Morgan fingerprint density at radius 2 is 1.65 bits per heavy atom. The third-order valence-electron chi connectivity index (χ3n) is 4.30. The van der Waals surface area contributed by atoms with E-state index in [-0.39, 0.29) is 31.2 Å². The van der Waals surface area contributed by atoms with Gasteiger partial charge in [-0.25, -0.2) is 8.78 Å². The summed E-state index contributed by atoms with van der Waals surface area (Å²) in [4.78, 5) is 37.9. The van der Waals surface area contributed by atoms with Crippen molar-refractivity contribution in [2.24, 2.45) is 0 Å². The number of nitrogens with one attached hydrogen (secondary N) is 3. The maximum atomic E-state index is 13.2. The van der Waals surface area contributed by atoms with Crippen molar-refractivity contribution in [3.8, 4) is 0 Å². The summed E-state index contributed by atoms with van der Waals surface area (Å²) >= 11 is 5.95. The van der Waals surface area contributed by atoms with Gasteiger partial charge >= 0.3 is 0 Å². The Hall–Kier alpha value is -3.04. The molecule has 2 aromatic rings. The maximum absolute atomic E-state index is 13.2. The van der Waals surface area contributed by atoms with E-state index in [9.17, 15) is 23.2 Å². The molecule has 0 saturated carbocycles. The molecule has 3 amide bonds. The van der Waals surface area contributed by atoms with Crippen LogP contribution in [0.25, 0.3) is 0 Å². The van der Waals surface area contributed by atoms with Crippen LogP contribution in [0.15, 0.2) is 36.4 Å². The van der Waals surface area contributed by atoms with Crippen LogP contribution in [0.1, 0.15) is 12.5 Å². The largest absolute Gasteiger partial charge is 0.346 e. The molecule has 0 aliphatic heterocycles. The number of hydrogen-bond donors (Lipinski definition) is 3. The summed E-state index contributed by atoms with van der Waals surface area (Å²) in [6, 6.07) is 8.08. The molecule has 0 spiro atoms. The van der Waals surface area contributed by atoms with Gasteiger partial charge in [0.15, 0.2) is 11.6 Å². The lowest BCUT2D eigenvalue weighted by Gasteiger charge is -2.19. The molecule has 3 N–H and O–H groups in total. The van der Waals surface area contributed by atoms with Crippen LogP contribution < -0.4 is 16.0 Å². The van der Waals surface area contributed by atoms with Gasteiger partial charge in [-0.15, -0.1) is 0 Å². The number of hydrogen-bond acceptors (Lipinski definition) is 4. The average molecular weight is 453 g/mol. The molecule has 2 aromatic carbocycles.